The predicted octanol–water partition coefficient (Wildman–Crippen LogP) is 7.89. The third-order valence-electron chi connectivity index (χ3n) is 10.7. The number of hydrogen-bond donors (Lipinski definition) is 2. The van der Waals surface area contributed by atoms with Crippen LogP contribution in [0.25, 0.3) is 0 Å². The summed E-state index contributed by atoms with van der Waals surface area (Å²) in [5.41, 5.74) is 2.39. The highest BCUT2D eigenvalue weighted by Crippen LogP contribution is 2.45. The Morgan fingerprint density at radius 3 is 1.89 bits per heavy atom. The van der Waals surface area contributed by atoms with Gasteiger partial charge in [0.25, 0.3) is 0 Å². The maximum Gasteiger partial charge on any atom is 0.356 e. The molecule has 0 aliphatic heterocycles. The lowest BCUT2D eigenvalue weighted by Gasteiger charge is -2.30. The van der Waals surface area contributed by atoms with Crippen LogP contribution in [0.3, 0.4) is 0 Å². The van der Waals surface area contributed by atoms with Crippen LogP contribution in [0.5, 0.6) is 23.0 Å². The second-order valence-electron chi connectivity index (χ2n) is 15.5. The summed E-state index contributed by atoms with van der Waals surface area (Å²) in [6, 6.07) is 1.54. The van der Waals surface area contributed by atoms with Crippen LogP contribution in [0.4, 0.5) is 0 Å². The average molecular weight is 848 g/mol. The SMILES string of the molecule is COC1=CC(=O)C=C(C)C1(O)C(=O)Oc1c(C)c(C)c(C(=O)Oc2cc(C)c(C(=O)Oc3c(C)c(C)c(C(=O)OC(C)(C)C)c4c3CCC4)c(C)c2C)c(O)c1Br. The standard InChI is InChI=1S/C44H47BrO12/c1-19-16-30(21(3)22(4)32(19)39(48)55-37-25(7)23(5)33(28-14-13-15-29(28)37)41(50)57-43(9,10)11)54-40(49)34-24(6)26(8)38(35(45)36(34)47)56-42(51)44(52)20(2)17-27(46)18-31(44)53-12/h16-18,47,52H,13-15H2,1-12H3. The van der Waals surface area contributed by atoms with Crippen molar-refractivity contribution in [2.75, 3.05) is 7.11 Å². The summed E-state index contributed by atoms with van der Waals surface area (Å²) in [4.78, 5) is 66.4. The monoisotopic (exact) mass is 846 g/mol. The van der Waals surface area contributed by atoms with E-state index in [0.29, 0.717) is 52.0 Å². The second kappa shape index (κ2) is 15.6. The van der Waals surface area contributed by atoms with E-state index in [1.807, 2.05) is 34.6 Å². The fraction of sp³-hybridized carbons (Fsp3) is 0.386. The van der Waals surface area contributed by atoms with E-state index in [1.54, 1.807) is 33.8 Å². The summed E-state index contributed by atoms with van der Waals surface area (Å²) in [6.45, 7) is 18.6. The number of phenolic OH excluding ortho intramolecular Hbond substituents is 1. The summed E-state index contributed by atoms with van der Waals surface area (Å²) in [5, 5.41) is 22.6. The number of rotatable bonds is 8. The number of benzene rings is 3. The minimum atomic E-state index is -2.42. The number of allylic oxidation sites excluding steroid dienone is 2. The highest BCUT2D eigenvalue weighted by Gasteiger charge is 2.48. The molecule has 0 heterocycles. The lowest BCUT2D eigenvalue weighted by molar-refractivity contribution is -0.151. The van der Waals surface area contributed by atoms with Gasteiger partial charge in [-0.1, -0.05) is 0 Å². The molecule has 1 unspecified atom stereocenters. The fourth-order valence-electron chi connectivity index (χ4n) is 7.29. The number of methoxy groups -OCH3 is 1. The Kier molecular flexibility index (Phi) is 11.7. The summed E-state index contributed by atoms with van der Waals surface area (Å²) >= 11 is 3.23. The van der Waals surface area contributed by atoms with Crippen molar-refractivity contribution in [3.63, 3.8) is 0 Å². The number of esters is 4. The minimum Gasteiger partial charge on any atom is -0.506 e. The highest BCUT2D eigenvalue weighted by molar-refractivity contribution is 9.10. The van der Waals surface area contributed by atoms with Crippen molar-refractivity contribution in [1.82, 2.24) is 0 Å². The van der Waals surface area contributed by atoms with Gasteiger partial charge in [0, 0.05) is 6.08 Å². The number of fused-ring (bicyclic) bond motifs is 1. The maximum absolute atomic E-state index is 14.0. The molecule has 3 aromatic carbocycles. The number of aryl methyl sites for hydroxylation is 1. The van der Waals surface area contributed by atoms with Crippen molar-refractivity contribution in [3.8, 4) is 23.0 Å². The Morgan fingerprint density at radius 1 is 0.719 bits per heavy atom. The first-order chi connectivity index (χ1) is 26.5. The Bertz CT molecular complexity index is 2330. The second-order valence-corrected chi connectivity index (χ2v) is 16.3. The van der Waals surface area contributed by atoms with Crippen molar-refractivity contribution in [2.45, 2.75) is 107 Å². The topological polar surface area (TPSA) is 172 Å². The number of halogens is 1. The maximum atomic E-state index is 14.0. The molecule has 1 atom stereocenters. The van der Waals surface area contributed by atoms with Gasteiger partial charge in [0.05, 0.1) is 18.2 Å². The molecule has 2 aliphatic carbocycles. The van der Waals surface area contributed by atoms with Crippen LogP contribution in [0.2, 0.25) is 0 Å². The number of ketones is 1. The number of aromatic hydroxyl groups is 1. The molecule has 13 heteroatoms. The quantitative estimate of drug-likeness (QED) is 0.166. The van der Waals surface area contributed by atoms with Gasteiger partial charge < -0.3 is 33.9 Å². The smallest absolute Gasteiger partial charge is 0.356 e. The summed E-state index contributed by atoms with van der Waals surface area (Å²) in [7, 11) is 1.19. The van der Waals surface area contributed by atoms with Gasteiger partial charge >= 0.3 is 23.9 Å². The number of aliphatic hydroxyl groups is 1. The van der Waals surface area contributed by atoms with Crippen LogP contribution in [-0.4, -0.2) is 58.2 Å². The molecular formula is C44H47BrO12. The number of carbonyl (C=O) groups is 5. The molecule has 12 nitrogen and oxygen atoms in total. The van der Waals surface area contributed by atoms with E-state index in [-0.39, 0.29) is 49.6 Å². The number of ether oxygens (including phenoxy) is 5. The zero-order valence-electron chi connectivity index (χ0n) is 34.2. The van der Waals surface area contributed by atoms with Gasteiger partial charge in [-0.25, -0.2) is 19.2 Å². The van der Waals surface area contributed by atoms with Gasteiger partial charge in [0.15, 0.2) is 11.5 Å². The Hall–Kier alpha value is -5.27. The van der Waals surface area contributed by atoms with Crippen molar-refractivity contribution in [2.24, 2.45) is 0 Å². The minimum absolute atomic E-state index is 0.0327. The molecule has 2 N–H and O–H groups in total. The van der Waals surface area contributed by atoms with Crippen LogP contribution in [0.1, 0.15) is 115 Å². The van der Waals surface area contributed by atoms with E-state index in [4.69, 9.17) is 23.7 Å². The molecular weight excluding hydrogens is 800 g/mol. The van der Waals surface area contributed by atoms with E-state index in [0.717, 1.165) is 29.7 Å². The molecule has 0 spiro atoms. The van der Waals surface area contributed by atoms with Crippen LogP contribution >= 0.6 is 15.9 Å². The molecule has 0 saturated carbocycles. The van der Waals surface area contributed by atoms with Crippen molar-refractivity contribution >= 4 is 45.6 Å². The average Bonchev–Trinajstić information content (AvgIpc) is 3.60. The van der Waals surface area contributed by atoms with E-state index >= 15 is 0 Å². The van der Waals surface area contributed by atoms with E-state index in [9.17, 15) is 34.2 Å². The zero-order chi connectivity index (χ0) is 42.6. The third-order valence-corrected chi connectivity index (χ3v) is 11.5. The van der Waals surface area contributed by atoms with E-state index in [1.165, 1.54) is 21.0 Å². The molecule has 302 valence electrons. The van der Waals surface area contributed by atoms with Crippen LogP contribution in [0.15, 0.2) is 34.0 Å². The Balaban J connectivity index is 1.43. The number of hydrogen-bond acceptors (Lipinski definition) is 12. The normalized spacial score (nSPS) is 16.4. The molecule has 0 amide bonds. The summed E-state index contributed by atoms with van der Waals surface area (Å²) < 4.78 is 28.3. The molecule has 0 aromatic heterocycles. The summed E-state index contributed by atoms with van der Waals surface area (Å²) in [5.74, 6) is -4.17. The van der Waals surface area contributed by atoms with E-state index < -0.39 is 46.6 Å². The summed E-state index contributed by atoms with van der Waals surface area (Å²) in [6.07, 6.45) is 4.14. The first-order valence-corrected chi connectivity index (χ1v) is 19.1. The molecule has 0 saturated heterocycles. The molecule has 5 rings (SSSR count). The van der Waals surface area contributed by atoms with Gasteiger partial charge in [-0.3, -0.25) is 4.79 Å². The Labute approximate surface area is 339 Å². The molecule has 2 aliphatic rings. The molecule has 0 bridgehead atoms. The largest absolute Gasteiger partial charge is 0.506 e. The van der Waals surface area contributed by atoms with Gasteiger partial charge in [-0.2, -0.15) is 0 Å². The lowest BCUT2D eigenvalue weighted by atomic mass is 9.87. The number of phenols is 1. The van der Waals surface area contributed by atoms with Gasteiger partial charge in [-0.15, -0.1) is 0 Å². The number of carbonyl (C=O) groups excluding carboxylic acids is 5. The lowest BCUT2D eigenvalue weighted by Crippen LogP contribution is -2.47. The van der Waals surface area contributed by atoms with Crippen molar-refractivity contribution in [1.29, 1.82) is 0 Å². The van der Waals surface area contributed by atoms with Crippen LogP contribution in [0, 0.1) is 48.5 Å². The third kappa shape index (κ3) is 7.62. The molecule has 0 radical (unpaired) electrons. The van der Waals surface area contributed by atoms with Gasteiger partial charge in [-0.05, 0) is 179 Å². The predicted molar refractivity (Wildman–Crippen MR) is 213 cm³/mol. The molecule has 57 heavy (non-hydrogen) atoms. The van der Waals surface area contributed by atoms with Crippen LogP contribution in [-0.2, 0) is 31.9 Å². The molecule has 0 fully saturated rings. The Morgan fingerprint density at radius 2 is 1.28 bits per heavy atom. The van der Waals surface area contributed by atoms with Crippen molar-refractivity contribution < 1.29 is 57.9 Å². The fourth-order valence-corrected chi connectivity index (χ4v) is 7.87. The molecule has 3 aromatic rings. The van der Waals surface area contributed by atoms with E-state index in [2.05, 4.69) is 15.9 Å². The first kappa shape index (κ1) is 42.9. The zero-order valence-corrected chi connectivity index (χ0v) is 35.8. The van der Waals surface area contributed by atoms with Gasteiger partial charge in [0.2, 0.25) is 5.60 Å². The first-order valence-electron chi connectivity index (χ1n) is 18.3. The van der Waals surface area contributed by atoms with Crippen LogP contribution < -0.4 is 14.2 Å². The van der Waals surface area contributed by atoms with Crippen molar-refractivity contribution in [3.05, 3.63) is 101 Å². The highest BCUT2D eigenvalue weighted by atomic mass is 79.9. The van der Waals surface area contributed by atoms with Gasteiger partial charge in [0.1, 0.15) is 38.6 Å².